The van der Waals surface area contributed by atoms with Crippen LogP contribution in [0, 0.1) is 5.82 Å². The molecule has 4 rings (SSSR count). The Morgan fingerprint density at radius 3 is 2.47 bits per heavy atom. The van der Waals surface area contributed by atoms with Gasteiger partial charge in [-0.3, -0.25) is 9.69 Å². The summed E-state index contributed by atoms with van der Waals surface area (Å²) >= 11 is 6.32. The molecule has 0 saturated heterocycles. The largest absolute Gasteiger partial charge is 0.493 e. The summed E-state index contributed by atoms with van der Waals surface area (Å²) in [6.45, 7) is 0.612. The van der Waals surface area contributed by atoms with E-state index in [1.54, 1.807) is 26.4 Å². The average Bonchev–Trinajstić information content (AvgIpc) is 2.84. The highest BCUT2D eigenvalue weighted by Crippen LogP contribution is 2.43. The molecule has 2 atom stereocenters. The van der Waals surface area contributed by atoms with Crippen molar-refractivity contribution in [2.45, 2.75) is 31.3 Å². The van der Waals surface area contributed by atoms with Gasteiger partial charge >= 0.3 is 0 Å². The van der Waals surface area contributed by atoms with Crippen molar-refractivity contribution in [1.82, 2.24) is 4.90 Å². The van der Waals surface area contributed by atoms with Gasteiger partial charge in [0.2, 0.25) is 5.91 Å². The minimum Gasteiger partial charge on any atom is -0.493 e. The fourth-order valence-corrected chi connectivity index (χ4v) is 5.14. The average molecular weight is 483 g/mol. The molecule has 0 saturated carbocycles. The predicted molar refractivity (Wildman–Crippen MR) is 131 cm³/mol. The monoisotopic (exact) mass is 482 g/mol. The van der Waals surface area contributed by atoms with E-state index in [2.05, 4.69) is 4.90 Å². The summed E-state index contributed by atoms with van der Waals surface area (Å²) in [5.41, 5.74) is 9.34. The Morgan fingerprint density at radius 2 is 1.82 bits per heavy atom. The first kappa shape index (κ1) is 24.0. The molecular weight excluding hydrogens is 455 g/mol. The molecule has 5 nitrogen and oxygen atoms in total. The third kappa shape index (κ3) is 4.74. The standard InChI is InChI=1S/C27H28ClFN2O3/c1-33-24-15-18-13-14-31(26(27(30)32)17-7-4-3-5-8-17)23(20(18)16-25(24)34-2)12-11-19-21(28)9-6-10-22(19)29/h3-10,15-16,23,26H,11-14H2,1-2H3,(H2,30,32)/t23-,26?/m0/s1. The molecule has 1 aliphatic rings. The summed E-state index contributed by atoms with van der Waals surface area (Å²) in [5.74, 6) is 0.494. The van der Waals surface area contributed by atoms with E-state index in [0.29, 0.717) is 47.9 Å². The summed E-state index contributed by atoms with van der Waals surface area (Å²) in [7, 11) is 3.20. The van der Waals surface area contributed by atoms with Gasteiger partial charge in [-0.25, -0.2) is 4.39 Å². The maximum Gasteiger partial charge on any atom is 0.239 e. The van der Waals surface area contributed by atoms with Crippen molar-refractivity contribution in [3.05, 3.63) is 93.8 Å². The van der Waals surface area contributed by atoms with Gasteiger partial charge in [-0.15, -0.1) is 0 Å². The Balaban J connectivity index is 1.78. The Morgan fingerprint density at radius 1 is 1.12 bits per heavy atom. The van der Waals surface area contributed by atoms with Crippen LogP contribution in [0.1, 0.15) is 40.8 Å². The Bertz CT molecular complexity index is 1150. The van der Waals surface area contributed by atoms with Gasteiger partial charge in [0.1, 0.15) is 11.9 Å². The van der Waals surface area contributed by atoms with Crippen molar-refractivity contribution < 1.29 is 18.7 Å². The van der Waals surface area contributed by atoms with Crippen LogP contribution in [-0.2, 0) is 17.6 Å². The zero-order chi connectivity index (χ0) is 24.2. The number of rotatable bonds is 8. The molecule has 3 aromatic carbocycles. The zero-order valence-corrected chi connectivity index (χ0v) is 20.0. The van der Waals surface area contributed by atoms with E-state index in [1.807, 2.05) is 42.5 Å². The highest BCUT2D eigenvalue weighted by atomic mass is 35.5. The van der Waals surface area contributed by atoms with Crippen LogP contribution in [0.15, 0.2) is 60.7 Å². The lowest BCUT2D eigenvalue weighted by atomic mass is 9.86. The summed E-state index contributed by atoms with van der Waals surface area (Å²) in [6, 6.07) is 17.3. The molecule has 3 aromatic rings. The molecule has 178 valence electrons. The maximum atomic E-state index is 14.6. The first-order chi connectivity index (χ1) is 16.4. The first-order valence-corrected chi connectivity index (χ1v) is 11.6. The number of ether oxygens (including phenoxy) is 2. The van der Waals surface area contributed by atoms with Crippen molar-refractivity contribution in [1.29, 1.82) is 0 Å². The van der Waals surface area contributed by atoms with Crippen molar-refractivity contribution in [2.75, 3.05) is 20.8 Å². The molecule has 34 heavy (non-hydrogen) atoms. The van der Waals surface area contributed by atoms with Crippen molar-refractivity contribution >= 4 is 17.5 Å². The second-order valence-corrected chi connectivity index (χ2v) is 8.77. The van der Waals surface area contributed by atoms with Crippen LogP contribution in [0.3, 0.4) is 0 Å². The van der Waals surface area contributed by atoms with Gasteiger partial charge in [0.05, 0.1) is 14.2 Å². The van der Waals surface area contributed by atoms with E-state index in [4.69, 9.17) is 26.8 Å². The van der Waals surface area contributed by atoms with Crippen LogP contribution in [0.5, 0.6) is 11.5 Å². The van der Waals surface area contributed by atoms with E-state index in [-0.39, 0.29) is 11.9 Å². The van der Waals surface area contributed by atoms with Crippen molar-refractivity contribution in [2.24, 2.45) is 5.73 Å². The number of hydrogen-bond donors (Lipinski definition) is 1. The lowest BCUT2D eigenvalue weighted by molar-refractivity contribution is -0.124. The molecule has 0 radical (unpaired) electrons. The molecule has 0 spiro atoms. The van der Waals surface area contributed by atoms with Gasteiger partial charge in [0.25, 0.3) is 0 Å². The fraction of sp³-hybridized carbons (Fsp3) is 0.296. The third-order valence-electron chi connectivity index (χ3n) is 6.49. The van der Waals surface area contributed by atoms with Gasteiger partial charge in [-0.05, 0) is 60.2 Å². The number of nitrogens with zero attached hydrogens (tertiary/aromatic N) is 1. The van der Waals surface area contributed by atoms with Gasteiger partial charge < -0.3 is 15.2 Å². The smallest absolute Gasteiger partial charge is 0.239 e. The predicted octanol–water partition coefficient (Wildman–Crippen LogP) is 5.25. The van der Waals surface area contributed by atoms with Crippen molar-refractivity contribution in [3.8, 4) is 11.5 Å². The topological polar surface area (TPSA) is 64.8 Å². The SMILES string of the molecule is COc1cc2c(cc1OC)[C@H](CCc1c(F)cccc1Cl)N(C(C(N)=O)c1ccccc1)CC2. The maximum absolute atomic E-state index is 14.6. The van der Waals surface area contributed by atoms with Crippen molar-refractivity contribution in [3.63, 3.8) is 0 Å². The molecule has 2 N–H and O–H groups in total. The number of hydrogen-bond acceptors (Lipinski definition) is 4. The quantitative estimate of drug-likeness (QED) is 0.476. The van der Waals surface area contributed by atoms with Crippen LogP contribution >= 0.6 is 11.6 Å². The van der Waals surface area contributed by atoms with Gasteiger partial charge in [0, 0.05) is 23.2 Å². The van der Waals surface area contributed by atoms with E-state index < -0.39 is 11.9 Å². The molecule has 0 aromatic heterocycles. The van der Waals surface area contributed by atoms with Crippen LogP contribution < -0.4 is 15.2 Å². The number of fused-ring (bicyclic) bond motifs is 1. The number of methoxy groups -OCH3 is 2. The molecule has 7 heteroatoms. The third-order valence-corrected chi connectivity index (χ3v) is 6.84. The number of benzene rings is 3. The summed E-state index contributed by atoms with van der Waals surface area (Å²) in [6.07, 6.45) is 1.66. The number of amides is 1. The summed E-state index contributed by atoms with van der Waals surface area (Å²) in [4.78, 5) is 14.8. The number of carbonyl (C=O) groups is 1. The minimum absolute atomic E-state index is 0.211. The normalized spacial score (nSPS) is 16.5. The highest BCUT2D eigenvalue weighted by molar-refractivity contribution is 6.31. The van der Waals surface area contributed by atoms with Crippen LogP contribution in [0.4, 0.5) is 4.39 Å². The van der Waals surface area contributed by atoms with Crippen LogP contribution in [-0.4, -0.2) is 31.6 Å². The van der Waals surface area contributed by atoms with E-state index in [1.165, 1.54) is 6.07 Å². The Kier molecular flexibility index (Phi) is 7.39. The van der Waals surface area contributed by atoms with Crippen LogP contribution in [0.25, 0.3) is 0 Å². The van der Waals surface area contributed by atoms with Crippen LogP contribution in [0.2, 0.25) is 5.02 Å². The number of carbonyl (C=O) groups excluding carboxylic acids is 1. The molecule has 0 bridgehead atoms. The molecule has 1 amide bonds. The number of nitrogens with two attached hydrogens (primary N) is 1. The van der Waals surface area contributed by atoms with E-state index in [0.717, 1.165) is 16.7 Å². The fourth-order valence-electron chi connectivity index (χ4n) is 4.88. The Hall–Kier alpha value is -3.09. The minimum atomic E-state index is -0.622. The molecule has 1 aliphatic heterocycles. The molecule has 1 heterocycles. The first-order valence-electron chi connectivity index (χ1n) is 11.2. The molecule has 0 aliphatic carbocycles. The van der Waals surface area contributed by atoms with Gasteiger partial charge in [-0.2, -0.15) is 0 Å². The summed E-state index contributed by atoms with van der Waals surface area (Å²) in [5, 5.41) is 0.393. The van der Waals surface area contributed by atoms with E-state index in [9.17, 15) is 9.18 Å². The van der Waals surface area contributed by atoms with E-state index >= 15 is 0 Å². The van der Waals surface area contributed by atoms with Gasteiger partial charge in [-0.1, -0.05) is 48.0 Å². The lowest BCUT2D eigenvalue weighted by Crippen LogP contribution is -2.44. The number of halogens is 2. The highest BCUT2D eigenvalue weighted by Gasteiger charge is 2.36. The second kappa shape index (κ2) is 10.5. The zero-order valence-electron chi connectivity index (χ0n) is 19.3. The van der Waals surface area contributed by atoms with Gasteiger partial charge in [0.15, 0.2) is 11.5 Å². The summed E-state index contributed by atoms with van der Waals surface area (Å²) < 4.78 is 25.6. The molecule has 1 unspecified atom stereocenters. The number of primary amides is 1. The lowest BCUT2D eigenvalue weighted by Gasteiger charge is -2.41. The Labute approximate surface area is 204 Å². The molecular formula is C27H28ClFN2O3. The molecule has 0 fully saturated rings. The second-order valence-electron chi connectivity index (χ2n) is 8.36.